The van der Waals surface area contributed by atoms with Crippen molar-refractivity contribution in [3.8, 4) is 0 Å². The van der Waals surface area contributed by atoms with Gasteiger partial charge < -0.3 is 20.2 Å². The molecular weight excluding hydrogens is 434 g/mol. The Hall–Kier alpha value is -2.38. The number of nitrogens with zero attached hydrogens (tertiary/aromatic N) is 2. The van der Waals surface area contributed by atoms with Crippen LogP contribution in [0.25, 0.3) is 0 Å². The average Bonchev–Trinajstić information content (AvgIpc) is 3.13. The van der Waals surface area contributed by atoms with E-state index in [4.69, 9.17) is 0 Å². The van der Waals surface area contributed by atoms with Crippen molar-refractivity contribution in [3.05, 3.63) is 45.8 Å². The zero-order valence-corrected chi connectivity index (χ0v) is 21.5. The van der Waals surface area contributed by atoms with Crippen molar-refractivity contribution in [2.45, 2.75) is 46.0 Å². The molecular formula is C26H37N3O3S. The lowest BCUT2D eigenvalue weighted by Crippen LogP contribution is -2.44. The van der Waals surface area contributed by atoms with Gasteiger partial charge in [0.05, 0.1) is 5.56 Å². The molecule has 1 aliphatic heterocycles. The first-order valence-electron chi connectivity index (χ1n) is 11.5. The summed E-state index contributed by atoms with van der Waals surface area (Å²) in [5, 5.41) is 13.3. The molecule has 0 atom stereocenters. The zero-order chi connectivity index (χ0) is 24.4. The van der Waals surface area contributed by atoms with Crippen LogP contribution in [0.5, 0.6) is 0 Å². The summed E-state index contributed by atoms with van der Waals surface area (Å²) in [6, 6.07) is 7.80. The van der Waals surface area contributed by atoms with E-state index in [-0.39, 0.29) is 10.8 Å². The maximum atomic E-state index is 11.5. The molecule has 0 saturated carbocycles. The van der Waals surface area contributed by atoms with Crippen molar-refractivity contribution in [2.75, 3.05) is 50.5 Å². The highest BCUT2D eigenvalue weighted by Gasteiger charge is 2.41. The molecule has 4 rings (SSSR count). The van der Waals surface area contributed by atoms with Crippen LogP contribution in [0.4, 0.5) is 10.7 Å². The van der Waals surface area contributed by atoms with Gasteiger partial charge in [0, 0.05) is 49.4 Å². The number of nitrogens with one attached hydrogen (secondary N) is 1. The lowest BCUT2D eigenvalue weighted by molar-refractivity contribution is 0.0695. The lowest BCUT2D eigenvalue weighted by atomic mass is 9.65. The number of anilines is 2. The fraction of sp³-hybridized carbons (Fsp3) is 0.538. The van der Waals surface area contributed by atoms with E-state index in [1.807, 2.05) is 24.3 Å². The van der Waals surface area contributed by atoms with E-state index >= 15 is 0 Å². The zero-order valence-electron chi connectivity index (χ0n) is 20.7. The number of thiophene rings is 1. The number of rotatable bonds is 4. The Morgan fingerprint density at radius 1 is 1.09 bits per heavy atom. The van der Waals surface area contributed by atoms with Gasteiger partial charge in [-0.05, 0) is 60.5 Å². The molecule has 2 aromatic rings. The summed E-state index contributed by atoms with van der Waals surface area (Å²) in [6.45, 7) is 13.2. The molecule has 1 aromatic carbocycles. The first kappa shape index (κ1) is 25.2. The molecule has 0 bridgehead atoms. The molecule has 1 aromatic heterocycles. The molecule has 1 fully saturated rings. The van der Waals surface area contributed by atoms with E-state index in [0.29, 0.717) is 5.56 Å². The van der Waals surface area contributed by atoms with Crippen molar-refractivity contribution in [1.29, 1.82) is 0 Å². The Balaban J connectivity index is 0.000000189. The molecule has 2 aliphatic rings. The van der Waals surface area contributed by atoms with Gasteiger partial charge in [-0.2, -0.15) is 0 Å². The van der Waals surface area contributed by atoms with Crippen molar-refractivity contribution in [2.24, 2.45) is 5.41 Å². The number of carbonyl (C=O) groups excluding carboxylic acids is 1. The Morgan fingerprint density at radius 3 is 2.21 bits per heavy atom. The number of carboxylic acids is 1. The molecule has 0 spiro atoms. The van der Waals surface area contributed by atoms with Crippen LogP contribution in [0.2, 0.25) is 0 Å². The number of carbonyl (C=O) groups is 2. The quantitative estimate of drug-likeness (QED) is 0.612. The molecule has 180 valence electrons. The first-order chi connectivity index (χ1) is 15.5. The maximum Gasteiger partial charge on any atom is 0.338 e. The second-order valence-corrected chi connectivity index (χ2v) is 11.6. The van der Waals surface area contributed by atoms with Crippen LogP contribution in [0.15, 0.2) is 24.3 Å². The second-order valence-electron chi connectivity index (χ2n) is 10.6. The lowest BCUT2D eigenvalue weighted by Gasteiger charge is -2.40. The van der Waals surface area contributed by atoms with E-state index in [1.54, 1.807) is 18.4 Å². The summed E-state index contributed by atoms with van der Waals surface area (Å²) in [7, 11) is 3.94. The van der Waals surface area contributed by atoms with Gasteiger partial charge in [-0.25, -0.2) is 4.79 Å². The average molecular weight is 472 g/mol. The van der Waals surface area contributed by atoms with Gasteiger partial charge in [0.1, 0.15) is 11.3 Å². The highest BCUT2D eigenvalue weighted by atomic mass is 32.1. The van der Waals surface area contributed by atoms with Crippen LogP contribution < -0.4 is 10.2 Å². The van der Waals surface area contributed by atoms with E-state index in [0.717, 1.165) is 61.4 Å². The highest BCUT2D eigenvalue weighted by Crippen LogP contribution is 2.51. The van der Waals surface area contributed by atoms with Gasteiger partial charge in [0.25, 0.3) is 0 Å². The van der Waals surface area contributed by atoms with Crippen LogP contribution in [0, 0.1) is 5.41 Å². The normalized spacial score (nSPS) is 19.2. The Labute approximate surface area is 201 Å². The summed E-state index contributed by atoms with van der Waals surface area (Å²) >= 11 is 1.61. The van der Waals surface area contributed by atoms with Gasteiger partial charge in [-0.3, -0.25) is 4.79 Å². The molecule has 1 aliphatic carbocycles. The number of aldehydes is 1. The Bertz CT molecular complexity index is 987. The van der Waals surface area contributed by atoms with Gasteiger partial charge >= 0.3 is 5.97 Å². The van der Waals surface area contributed by atoms with Crippen molar-refractivity contribution < 1.29 is 14.7 Å². The van der Waals surface area contributed by atoms with Crippen molar-refractivity contribution in [1.82, 2.24) is 4.90 Å². The predicted octanol–water partition coefficient (Wildman–Crippen LogP) is 4.99. The minimum Gasteiger partial charge on any atom is -0.478 e. The van der Waals surface area contributed by atoms with Crippen LogP contribution in [-0.4, -0.2) is 62.5 Å². The van der Waals surface area contributed by atoms with E-state index in [9.17, 15) is 14.7 Å². The molecule has 2 N–H and O–H groups in total. The molecule has 0 unspecified atom stereocenters. The SMILES string of the molecule is CN1CCN(c2ccc(C=O)cc2)CC1.CNc1sc2c(c1C(=O)O)CC(C)(C)CC2(C)C. The minimum atomic E-state index is -0.814. The second kappa shape index (κ2) is 9.85. The third-order valence-electron chi connectivity index (χ3n) is 6.54. The number of likely N-dealkylation sites (N-methyl/N-ethyl adjacent to an activating group) is 1. The van der Waals surface area contributed by atoms with Gasteiger partial charge in [-0.1, -0.05) is 27.7 Å². The largest absolute Gasteiger partial charge is 0.478 e. The van der Waals surface area contributed by atoms with Crippen molar-refractivity contribution >= 4 is 34.3 Å². The van der Waals surface area contributed by atoms with Gasteiger partial charge in [-0.15, -0.1) is 11.3 Å². The number of piperazine rings is 1. The summed E-state index contributed by atoms with van der Waals surface area (Å²) in [5.74, 6) is -0.814. The molecule has 0 amide bonds. The van der Waals surface area contributed by atoms with Crippen molar-refractivity contribution in [3.63, 3.8) is 0 Å². The number of hydrogen-bond acceptors (Lipinski definition) is 6. The molecule has 6 nitrogen and oxygen atoms in total. The molecule has 1 saturated heterocycles. The summed E-state index contributed by atoms with van der Waals surface area (Å²) in [5.41, 5.74) is 3.70. The molecule has 7 heteroatoms. The Morgan fingerprint density at radius 2 is 1.70 bits per heavy atom. The van der Waals surface area contributed by atoms with Crippen LogP contribution >= 0.6 is 11.3 Å². The topological polar surface area (TPSA) is 72.9 Å². The molecule has 2 heterocycles. The van der Waals surface area contributed by atoms with Crippen LogP contribution in [0.1, 0.15) is 65.3 Å². The minimum absolute atomic E-state index is 0.0566. The number of carboxylic acid groups (broad SMARTS) is 1. The maximum absolute atomic E-state index is 11.5. The number of fused-ring (bicyclic) bond motifs is 1. The number of benzene rings is 1. The van der Waals surface area contributed by atoms with E-state index in [2.05, 4.69) is 49.9 Å². The smallest absolute Gasteiger partial charge is 0.338 e. The molecule has 33 heavy (non-hydrogen) atoms. The summed E-state index contributed by atoms with van der Waals surface area (Å²) in [6.07, 6.45) is 2.83. The summed E-state index contributed by atoms with van der Waals surface area (Å²) in [4.78, 5) is 27.9. The van der Waals surface area contributed by atoms with Crippen LogP contribution in [0.3, 0.4) is 0 Å². The number of hydrogen-bond donors (Lipinski definition) is 2. The molecule has 0 radical (unpaired) electrons. The van der Waals surface area contributed by atoms with E-state index < -0.39 is 5.97 Å². The third-order valence-corrected chi connectivity index (χ3v) is 8.15. The van der Waals surface area contributed by atoms with Gasteiger partial charge in [0.2, 0.25) is 0 Å². The Kier molecular flexibility index (Phi) is 7.54. The van der Waals surface area contributed by atoms with Gasteiger partial charge in [0.15, 0.2) is 0 Å². The predicted molar refractivity (Wildman–Crippen MR) is 137 cm³/mol. The first-order valence-corrected chi connectivity index (χ1v) is 12.3. The fourth-order valence-electron chi connectivity index (χ4n) is 5.23. The summed E-state index contributed by atoms with van der Waals surface area (Å²) < 4.78 is 0. The fourth-order valence-corrected chi connectivity index (χ4v) is 6.49. The monoisotopic (exact) mass is 471 g/mol. The third kappa shape index (κ3) is 5.76. The number of aromatic carboxylic acids is 1. The van der Waals surface area contributed by atoms with E-state index in [1.165, 1.54) is 10.6 Å². The standard InChI is InChI=1S/C14H21NO2S.C12H16N2O/c1-13(2)6-8-9(12(16)17)11(15-5)18-10(8)14(3,4)7-13;1-13-6-8-14(9-7-13)12-4-2-11(10-15)3-5-12/h15H,6-7H2,1-5H3,(H,16,17);2-5,10H,6-9H2,1H3. The van der Waals surface area contributed by atoms with Crippen LogP contribution in [-0.2, 0) is 11.8 Å². The highest BCUT2D eigenvalue weighted by molar-refractivity contribution is 7.17.